The van der Waals surface area contributed by atoms with Crippen molar-refractivity contribution < 1.29 is 5.11 Å². The Labute approximate surface area is 57.1 Å². The number of nitrogens with one attached hydrogen (secondary N) is 1. The molecule has 1 heterocycles. The lowest BCUT2D eigenvalue weighted by molar-refractivity contribution is 0.474. The maximum Gasteiger partial charge on any atom is 0.174 e. The maximum atomic E-state index is 8.95. The Morgan fingerprint density at radius 2 is 2.33 bits per heavy atom. The van der Waals surface area contributed by atoms with Crippen LogP contribution in [0.25, 0.3) is 0 Å². The van der Waals surface area contributed by atoms with Crippen LogP contribution in [0.4, 0.5) is 5.82 Å². The molecule has 0 aliphatic heterocycles. The SMILES string of the molecule is Nc1[nH]ccc(=S)c1O. The Kier molecular flexibility index (Phi) is 1.40. The monoisotopic (exact) mass is 142 g/mol. The number of nitrogens with two attached hydrogens (primary N) is 1. The Morgan fingerprint density at radius 1 is 1.67 bits per heavy atom. The standard InChI is InChI=1S/C5H6N2OS/c6-5-4(8)3(9)1-2-7-5/h1-2,8H,(H3,6,7,9). The van der Waals surface area contributed by atoms with Gasteiger partial charge in [0.2, 0.25) is 0 Å². The fraction of sp³-hybridized carbons (Fsp3) is 0. The van der Waals surface area contributed by atoms with Crippen molar-refractivity contribution in [2.75, 3.05) is 5.73 Å². The number of anilines is 1. The number of hydrogen-bond donors (Lipinski definition) is 3. The van der Waals surface area contributed by atoms with Crippen molar-refractivity contribution in [3.63, 3.8) is 0 Å². The molecule has 0 unspecified atom stereocenters. The van der Waals surface area contributed by atoms with Gasteiger partial charge in [-0.05, 0) is 6.07 Å². The van der Waals surface area contributed by atoms with Crippen molar-refractivity contribution in [1.29, 1.82) is 0 Å². The van der Waals surface area contributed by atoms with E-state index < -0.39 is 0 Å². The topological polar surface area (TPSA) is 62.0 Å². The smallest absolute Gasteiger partial charge is 0.174 e. The lowest BCUT2D eigenvalue weighted by atomic mass is 10.4. The molecule has 0 saturated heterocycles. The Balaban J connectivity index is 3.43. The number of H-pyrrole nitrogens is 1. The maximum absolute atomic E-state index is 8.95. The van der Waals surface area contributed by atoms with Gasteiger partial charge in [0.15, 0.2) is 5.75 Å². The van der Waals surface area contributed by atoms with Crippen LogP contribution in [-0.4, -0.2) is 10.1 Å². The van der Waals surface area contributed by atoms with Crippen LogP contribution in [0.3, 0.4) is 0 Å². The zero-order chi connectivity index (χ0) is 6.85. The highest BCUT2D eigenvalue weighted by atomic mass is 32.1. The van der Waals surface area contributed by atoms with Crippen molar-refractivity contribution in [3.05, 3.63) is 16.8 Å². The average Bonchev–Trinajstić information content (AvgIpc) is 1.83. The molecule has 0 spiro atoms. The van der Waals surface area contributed by atoms with Crippen molar-refractivity contribution in [2.24, 2.45) is 0 Å². The number of aromatic nitrogens is 1. The number of aromatic hydroxyl groups is 1. The minimum absolute atomic E-state index is 0.0486. The summed E-state index contributed by atoms with van der Waals surface area (Å²) >= 11 is 4.69. The highest BCUT2D eigenvalue weighted by Crippen LogP contribution is 2.16. The summed E-state index contributed by atoms with van der Waals surface area (Å²) in [5, 5.41) is 8.95. The third-order valence-corrected chi connectivity index (χ3v) is 1.29. The molecule has 48 valence electrons. The summed E-state index contributed by atoms with van der Waals surface area (Å²) in [7, 11) is 0. The van der Waals surface area contributed by atoms with Gasteiger partial charge in [-0.3, -0.25) is 0 Å². The summed E-state index contributed by atoms with van der Waals surface area (Å²) < 4.78 is 0.367. The van der Waals surface area contributed by atoms with Gasteiger partial charge in [-0.15, -0.1) is 0 Å². The highest BCUT2D eigenvalue weighted by molar-refractivity contribution is 7.71. The zero-order valence-electron chi connectivity index (χ0n) is 4.59. The van der Waals surface area contributed by atoms with E-state index in [4.69, 9.17) is 23.1 Å². The molecule has 3 nitrogen and oxygen atoms in total. The van der Waals surface area contributed by atoms with Crippen molar-refractivity contribution in [2.45, 2.75) is 0 Å². The van der Waals surface area contributed by atoms with Crippen LogP contribution < -0.4 is 5.73 Å². The fourth-order valence-electron chi connectivity index (χ4n) is 0.487. The summed E-state index contributed by atoms with van der Waals surface area (Å²) in [6.45, 7) is 0. The van der Waals surface area contributed by atoms with Gasteiger partial charge in [0.05, 0.1) is 4.51 Å². The first-order chi connectivity index (χ1) is 4.22. The Bertz CT molecular complexity index is 268. The van der Waals surface area contributed by atoms with E-state index in [1.165, 1.54) is 0 Å². The minimum Gasteiger partial charge on any atom is -0.503 e. The number of nitrogen functional groups attached to an aromatic ring is 1. The first kappa shape index (κ1) is 6.10. The van der Waals surface area contributed by atoms with Crippen LogP contribution in [0.2, 0.25) is 0 Å². The van der Waals surface area contributed by atoms with Crippen LogP contribution in [-0.2, 0) is 0 Å². The quantitative estimate of drug-likeness (QED) is 0.474. The molecule has 0 atom stereocenters. The second-order valence-corrected chi connectivity index (χ2v) is 2.04. The largest absolute Gasteiger partial charge is 0.503 e. The molecule has 0 aliphatic carbocycles. The molecule has 9 heavy (non-hydrogen) atoms. The van der Waals surface area contributed by atoms with Gasteiger partial charge in [-0.25, -0.2) is 0 Å². The minimum atomic E-state index is -0.0486. The van der Waals surface area contributed by atoms with E-state index in [1.807, 2.05) is 0 Å². The summed E-state index contributed by atoms with van der Waals surface area (Å²) in [6, 6.07) is 1.57. The summed E-state index contributed by atoms with van der Waals surface area (Å²) in [5.41, 5.74) is 5.25. The third-order valence-electron chi connectivity index (χ3n) is 0.962. The molecule has 1 aromatic rings. The molecular weight excluding hydrogens is 136 g/mol. The van der Waals surface area contributed by atoms with E-state index in [1.54, 1.807) is 12.3 Å². The molecule has 0 aromatic carbocycles. The first-order valence-electron chi connectivity index (χ1n) is 2.38. The van der Waals surface area contributed by atoms with Crippen molar-refractivity contribution in [3.8, 4) is 5.75 Å². The van der Waals surface area contributed by atoms with Crippen LogP contribution >= 0.6 is 12.2 Å². The van der Waals surface area contributed by atoms with Gasteiger partial charge in [0.25, 0.3) is 0 Å². The predicted molar refractivity (Wildman–Crippen MR) is 37.7 cm³/mol. The molecule has 0 bridgehead atoms. The van der Waals surface area contributed by atoms with E-state index in [2.05, 4.69) is 4.98 Å². The van der Waals surface area contributed by atoms with E-state index in [-0.39, 0.29) is 11.6 Å². The van der Waals surface area contributed by atoms with E-state index >= 15 is 0 Å². The normalized spacial score (nSPS) is 9.33. The van der Waals surface area contributed by atoms with Crippen molar-refractivity contribution in [1.82, 2.24) is 4.98 Å². The summed E-state index contributed by atoms with van der Waals surface area (Å²) in [5.74, 6) is 0.162. The van der Waals surface area contributed by atoms with Gasteiger partial charge in [-0.1, -0.05) is 12.2 Å². The van der Waals surface area contributed by atoms with Crippen LogP contribution in [0.1, 0.15) is 0 Å². The molecule has 4 N–H and O–H groups in total. The molecular formula is C5H6N2OS. The molecule has 0 fully saturated rings. The van der Waals surface area contributed by atoms with Gasteiger partial charge in [0, 0.05) is 6.20 Å². The highest BCUT2D eigenvalue weighted by Gasteiger charge is 1.93. The fourth-order valence-corrected chi connectivity index (χ4v) is 0.665. The molecule has 0 aliphatic rings. The van der Waals surface area contributed by atoms with Gasteiger partial charge >= 0.3 is 0 Å². The number of hydrogen-bond acceptors (Lipinski definition) is 3. The second-order valence-electron chi connectivity index (χ2n) is 1.60. The molecule has 1 aromatic heterocycles. The number of rotatable bonds is 0. The van der Waals surface area contributed by atoms with E-state index in [9.17, 15) is 0 Å². The van der Waals surface area contributed by atoms with Crippen molar-refractivity contribution >= 4 is 18.0 Å². The first-order valence-corrected chi connectivity index (χ1v) is 2.79. The molecule has 0 amide bonds. The predicted octanol–water partition coefficient (Wildman–Crippen LogP) is 1.03. The number of pyridine rings is 1. The van der Waals surface area contributed by atoms with Gasteiger partial charge in [0.1, 0.15) is 5.82 Å². The molecule has 4 heteroatoms. The summed E-state index contributed by atoms with van der Waals surface area (Å²) in [4.78, 5) is 2.60. The molecule has 1 rings (SSSR count). The van der Waals surface area contributed by atoms with Crippen LogP contribution in [0.15, 0.2) is 12.3 Å². The lowest BCUT2D eigenvalue weighted by Crippen LogP contribution is -1.88. The summed E-state index contributed by atoms with van der Waals surface area (Å²) in [6.07, 6.45) is 1.58. The zero-order valence-corrected chi connectivity index (χ0v) is 5.40. The van der Waals surface area contributed by atoms with Crippen LogP contribution in [0.5, 0.6) is 5.75 Å². The van der Waals surface area contributed by atoms with Gasteiger partial charge in [-0.2, -0.15) is 0 Å². The molecule has 0 radical (unpaired) electrons. The van der Waals surface area contributed by atoms with E-state index in [0.29, 0.717) is 4.51 Å². The van der Waals surface area contributed by atoms with Gasteiger partial charge < -0.3 is 15.8 Å². The third kappa shape index (κ3) is 1.02. The lowest BCUT2D eigenvalue weighted by Gasteiger charge is -1.94. The Morgan fingerprint density at radius 3 is 2.78 bits per heavy atom. The molecule has 0 saturated carbocycles. The van der Waals surface area contributed by atoms with E-state index in [0.717, 1.165) is 0 Å². The Hall–Kier alpha value is -1.03. The average molecular weight is 142 g/mol. The number of aromatic amines is 1. The second kappa shape index (κ2) is 2.06. The van der Waals surface area contributed by atoms with Crippen LogP contribution in [0, 0.1) is 4.51 Å².